The minimum Gasteiger partial charge on any atom is -0.481 e. The molecule has 0 aromatic heterocycles. The third kappa shape index (κ3) is 3.76. The number of benzene rings is 1. The van der Waals surface area contributed by atoms with E-state index in [1.165, 1.54) is 0 Å². The van der Waals surface area contributed by atoms with Crippen LogP contribution in [-0.4, -0.2) is 65.7 Å². The molecule has 0 bridgehead atoms. The number of ether oxygens (including phenoxy) is 2. The van der Waals surface area contributed by atoms with Crippen LogP contribution < -0.4 is 9.47 Å². The van der Waals surface area contributed by atoms with Gasteiger partial charge in [-0.25, -0.2) is 0 Å². The smallest absolute Gasteiger partial charge is 0.310 e. The van der Waals surface area contributed by atoms with Gasteiger partial charge in [-0.15, -0.1) is 0 Å². The highest BCUT2D eigenvalue weighted by Crippen LogP contribution is 2.33. The van der Waals surface area contributed by atoms with E-state index in [2.05, 4.69) is 0 Å². The van der Waals surface area contributed by atoms with Crippen LogP contribution in [0.15, 0.2) is 18.2 Å². The van der Waals surface area contributed by atoms with Crippen LogP contribution in [0.5, 0.6) is 11.5 Å². The molecule has 28 heavy (non-hydrogen) atoms. The van der Waals surface area contributed by atoms with Gasteiger partial charge in [-0.05, 0) is 31.0 Å². The Hall–Kier alpha value is -2.77. The van der Waals surface area contributed by atoms with Crippen LogP contribution in [0.1, 0.15) is 43.5 Å². The summed E-state index contributed by atoms with van der Waals surface area (Å²) in [5.74, 6) is -0.0271. The van der Waals surface area contributed by atoms with E-state index in [4.69, 9.17) is 9.47 Å². The summed E-state index contributed by atoms with van der Waals surface area (Å²) >= 11 is 0. The second-order valence-electron chi connectivity index (χ2n) is 7.21. The highest BCUT2D eigenvalue weighted by atomic mass is 16.7. The molecule has 2 aliphatic heterocycles. The number of hydrogen-bond donors (Lipinski definition) is 1. The summed E-state index contributed by atoms with van der Waals surface area (Å²) in [4.78, 5) is 40.4. The van der Waals surface area contributed by atoms with Crippen LogP contribution in [0.3, 0.4) is 0 Å². The summed E-state index contributed by atoms with van der Waals surface area (Å²) in [6.45, 7) is 5.38. The Balaban J connectivity index is 1.59. The van der Waals surface area contributed by atoms with Crippen LogP contribution in [0.2, 0.25) is 0 Å². The highest BCUT2D eigenvalue weighted by molar-refractivity contribution is 5.95. The molecule has 0 saturated carbocycles. The number of rotatable bonds is 6. The SMILES string of the molecule is CCC(CC)(CC(=O)N1CCN(C(=O)c2ccc3c(c2)OCO3)CC1)C(=O)O. The number of hydrogen-bond acceptors (Lipinski definition) is 5. The molecule has 0 aliphatic carbocycles. The van der Waals surface area contributed by atoms with E-state index in [0.717, 1.165) is 0 Å². The molecule has 2 heterocycles. The van der Waals surface area contributed by atoms with Crippen molar-refractivity contribution in [1.29, 1.82) is 0 Å². The Labute approximate surface area is 164 Å². The lowest BCUT2D eigenvalue weighted by atomic mass is 9.79. The molecule has 0 atom stereocenters. The number of carbonyl (C=O) groups is 3. The fourth-order valence-corrected chi connectivity index (χ4v) is 3.65. The van der Waals surface area contributed by atoms with Crippen LogP contribution in [0.25, 0.3) is 0 Å². The second-order valence-corrected chi connectivity index (χ2v) is 7.21. The second kappa shape index (κ2) is 8.08. The Bertz CT molecular complexity index is 766. The number of amides is 2. The lowest BCUT2D eigenvalue weighted by Crippen LogP contribution is -2.51. The highest BCUT2D eigenvalue weighted by Gasteiger charge is 2.39. The topological polar surface area (TPSA) is 96.4 Å². The molecule has 0 radical (unpaired) electrons. The molecule has 2 amide bonds. The fraction of sp³-hybridized carbons (Fsp3) is 0.550. The quantitative estimate of drug-likeness (QED) is 0.798. The van der Waals surface area contributed by atoms with Crippen LogP contribution in [-0.2, 0) is 9.59 Å². The van der Waals surface area contributed by atoms with Gasteiger partial charge in [0.25, 0.3) is 5.91 Å². The molecule has 2 aliphatic rings. The van der Waals surface area contributed by atoms with E-state index in [9.17, 15) is 19.5 Å². The summed E-state index contributed by atoms with van der Waals surface area (Å²) in [5, 5.41) is 9.54. The fourth-order valence-electron chi connectivity index (χ4n) is 3.65. The monoisotopic (exact) mass is 390 g/mol. The van der Waals surface area contributed by atoms with Gasteiger partial charge in [0.05, 0.1) is 5.41 Å². The van der Waals surface area contributed by atoms with Crippen molar-refractivity contribution in [2.75, 3.05) is 33.0 Å². The molecule has 0 unspecified atom stereocenters. The predicted octanol–water partition coefficient (Wildman–Crippen LogP) is 1.98. The Morgan fingerprint density at radius 1 is 1.00 bits per heavy atom. The normalized spacial score (nSPS) is 16.2. The van der Waals surface area contributed by atoms with Gasteiger partial charge in [-0.2, -0.15) is 0 Å². The number of nitrogens with zero attached hydrogens (tertiary/aromatic N) is 2. The Morgan fingerprint density at radius 2 is 1.61 bits per heavy atom. The van der Waals surface area contributed by atoms with Crippen molar-refractivity contribution in [3.05, 3.63) is 23.8 Å². The number of piperazine rings is 1. The van der Waals surface area contributed by atoms with Crippen molar-refractivity contribution in [3.8, 4) is 11.5 Å². The standard InChI is InChI=1S/C20H26N2O6/c1-3-20(4-2,19(25)26)12-17(23)21-7-9-22(10-8-21)18(24)14-5-6-15-16(11-14)28-13-27-15/h5-6,11H,3-4,7-10,12-13H2,1-2H3,(H,25,26). The largest absolute Gasteiger partial charge is 0.481 e. The summed E-state index contributed by atoms with van der Waals surface area (Å²) in [5.41, 5.74) is -0.498. The van der Waals surface area contributed by atoms with Gasteiger partial charge in [-0.3, -0.25) is 14.4 Å². The first kappa shape index (κ1) is 20.0. The molecule has 0 spiro atoms. The van der Waals surface area contributed by atoms with Crippen molar-refractivity contribution >= 4 is 17.8 Å². The Morgan fingerprint density at radius 3 is 2.21 bits per heavy atom. The van der Waals surface area contributed by atoms with Gasteiger partial charge < -0.3 is 24.4 Å². The van der Waals surface area contributed by atoms with E-state index in [1.807, 2.05) is 0 Å². The molecule has 1 aromatic carbocycles. The summed E-state index contributed by atoms with van der Waals surface area (Å²) in [7, 11) is 0. The van der Waals surface area contributed by atoms with Gasteiger partial charge in [0.15, 0.2) is 11.5 Å². The number of aliphatic carboxylic acids is 1. The number of carbonyl (C=O) groups excluding carboxylic acids is 2. The van der Waals surface area contributed by atoms with E-state index in [-0.39, 0.29) is 25.0 Å². The van der Waals surface area contributed by atoms with Crippen LogP contribution >= 0.6 is 0 Å². The van der Waals surface area contributed by atoms with Crippen LogP contribution in [0, 0.1) is 5.41 Å². The first-order chi connectivity index (χ1) is 13.4. The lowest BCUT2D eigenvalue weighted by Gasteiger charge is -2.36. The first-order valence-electron chi connectivity index (χ1n) is 9.60. The lowest BCUT2D eigenvalue weighted by molar-refractivity contribution is -0.154. The van der Waals surface area contributed by atoms with Gasteiger partial charge in [-0.1, -0.05) is 13.8 Å². The van der Waals surface area contributed by atoms with Gasteiger partial charge in [0.2, 0.25) is 12.7 Å². The van der Waals surface area contributed by atoms with Crippen molar-refractivity contribution in [3.63, 3.8) is 0 Å². The minimum absolute atomic E-state index is 0.00849. The van der Waals surface area contributed by atoms with Crippen molar-refractivity contribution in [1.82, 2.24) is 9.80 Å². The van der Waals surface area contributed by atoms with Gasteiger partial charge in [0, 0.05) is 38.2 Å². The maximum absolute atomic E-state index is 12.7. The molecule has 1 fully saturated rings. The zero-order valence-electron chi connectivity index (χ0n) is 16.3. The summed E-state index contributed by atoms with van der Waals surface area (Å²) in [6.07, 6.45) is 0.811. The molecule has 3 rings (SSSR count). The summed E-state index contributed by atoms with van der Waals surface area (Å²) in [6, 6.07) is 5.10. The molecule has 8 nitrogen and oxygen atoms in total. The zero-order valence-corrected chi connectivity index (χ0v) is 16.3. The minimum atomic E-state index is -1.02. The summed E-state index contributed by atoms with van der Waals surface area (Å²) < 4.78 is 10.6. The zero-order chi connectivity index (χ0) is 20.3. The molecule has 8 heteroatoms. The molecule has 152 valence electrons. The predicted molar refractivity (Wildman–Crippen MR) is 100 cm³/mol. The average molecular weight is 390 g/mol. The van der Waals surface area contributed by atoms with Gasteiger partial charge >= 0.3 is 5.97 Å². The van der Waals surface area contributed by atoms with Crippen molar-refractivity contribution in [2.24, 2.45) is 5.41 Å². The average Bonchev–Trinajstić information content (AvgIpc) is 3.19. The first-order valence-corrected chi connectivity index (χ1v) is 9.60. The van der Waals surface area contributed by atoms with Gasteiger partial charge in [0.1, 0.15) is 0 Å². The molecule has 1 N–H and O–H groups in total. The molecule has 1 saturated heterocycles. The third-order valence-electron chi connectivity index (χ3n) is 5.84. The number of carboxylic acid groups (broad SMARTS) is 1. The maximum atomic E-state index is 12.7. The van der Waals surface area contributed by atoms with Crippen molar-refractivity contribution in [2.45, 2.75) is 33.1 Å². The third-order valence-corrected chi connectivity index (χ3v) is 5.84. The van der Waals surface area contributed by atoms with E-state index < -0.39 is 11.4 Å². The van der Waals surface area contributed by atoms with Crippen LogP contribution in [0.4, 0.5) is 0 Å². The Kier molecular flexibility index (Phi) is 5.76. The van der Waals surface area contributed by atoms with E-state index in [1.54, 1.807) is 41.8 Å². The number of fused-ring (bicyclic) bond motifs is 1. The van der Waals surface area contributed by atoms with E-state index in [0.29, 0.717) is 56.1 Å². The molecule has 1 aromatic rings. The van der Waals surface area contributed by atoms with E-state index >= 15 is 0 Å². The number of carboxylic acids is 1. The molecular formula is C20H26N2O6. The molecular weight excluding hydrogens is 364 g/mol. The maximum Gasteiger partial charge on any atom is 0.310 e. The van der Waals surface area contributed by atoms with Crippen molar-refractivity contribution < 1.29 is 29.0 Å².